The minimum absolute atomic E-state index is 0.107. The van der Waals surface area contributed by atoms with Gasteiger partial charge in [0.2, 0.25) is 0 Å². The quantitative estimate of drug-likeness (QED) is 0.450. The number of amides is 1. The minimum atomic E-state index is -0.484. The zero-order valence-electron chi connectivity index (χ0n) is 21.0. The first-order valence-electron chi connectivity index (χ1n) is 12.6. The summed E-state index contributed by atoms with van der Waals surface area (Å²) in [7, 11) is 0. The summed E-state index contributed by atoms with van der Waals surface area (Å²) in [6, 6.07) is 17.4. The number of hydrogen-bond donors (Lipinski definition) is 1. The average molecular weight is 471 g/mol. The van der Waals surface area contributed by atoms with Crippen LogP contribution in [0.15, 0.2) is 60.9 Å². The van der Waals surface area contributed by atoms with Crippen LogP contribution in [0.2, 0.25) is 0 Å². The van der Waals surface area contributed by atoms with Crippen molar-refractivity contribution in [3.05, 3.63) is 72.1 Å². The third-order valence-electron chi connectivity index (χ3n) is 6.94. The molecule has 0 saturated heterocycles. The predicted octanol–water partition coefficient (Wildman–Crippen LogP) is 6.90. The van der Waals surface area contributed by atoms with Crippen molar-refractivity contribution >= 4 is 6.09 Å². The highest BCUT2D eigenvalue weighted by atomic mass is 16.6. The topological polar surface area (TPSA) is 60.5 Å². The maximum atomic E-state index is 11.9. The van der Waals surface area contributed by atoms with E-state index in [1.54, 1.807) is 0 Å². The van der Waals surface area contributed by atoms with Gasteiger partial charge in [-0.3, -0.25) is 4.98 Å². The molecule has 3 aromatic rings. The number of nitrogens with one attached hydrogen (secondary N) is 1. The molecule has 35 heavy (non-hydrogen) atoms. The third-order valence-corrected chi connectivity index (χ3v) is 6.94. The zero-order valence-corrected chi connectivity index (χ0v) is 21.0. The number of benzene rings is 2. The van der Waals surface area contributed by atoms with E-state index in [1.807, 2.05) is 45.3 Å². The van der Waals surface area contributed by atoms with Gasteiger partial charge in [0.05, 0.1) is 0 Å². The van der Waals surface area contributed by atoms with Gasteiger partial charge in [0.1, 0.15) is 17.5 Å². The normalized spacial score (nSPS) is 21.1. The molecule has 0 aliphatic heterocycles. The van der Waals surface area contributed by atoms with E-state index in [0.29, 0.717) is 5.92 Å². The Balaban J connectivity index is 1.22. The van der Waals surface area contributed by atoms with Crippen LogP contribution in [-0.2, 0) is 11.2 Å². The third kappa shape index (κ3) is 5.34. The lowest BCUT2D eigenvalue weighted by Gasteiger charge is -2.36. The monoisotopic (exact) mass is 470 g/mol. The van der Waals surface area contributed by atoms with Gasteiger partial charge in [-0.05, 0) is 85.5 Å². The highest BCUT2D eigenvalue weighted by Crippen LogP contribution is 2.40. The van der Waals surface area contributed by atoms with Crippen molar-refractivity contribution in [1.82, 2.24) is 10.3 Å². The van der Waals surface area contributed by atoms with E-state index in [4.69, 9.17) is 9.47 Å². The Morgan fingerprint density at radius 1 is 1.00 bits per heavy atom. The number of rotatable bonds is 4. The summed E-state index contributed by atoms with van der Waals surface area (Å²) in [5.74, 6) is 1.36. The van der Waals surface area contributed by atoms with Crippen LogP contribution in [0.3, 0.4) is 0 Å². The number of aromatic nitrogens is 1. The van der Waals surface area contributed by atoms with Crippen LogP contribution >= 0.6 is 0 Å². The standard InChI is InChI=1S/C30H34N2O3/c1-19-5-6-21-13-14-31-18-28(21)26-12-9-22(15-27(19)26)20-7-10-24(11-8-20)34-25-16-23(17-25)32-29(33)35-30(2,3)4/h7-15,18-19,23,25H,5-6,16-17H2,1-4H3,(H,32,33)/t19?,23-,25-. The lowest BCUT2D eigenvalue weighted by Crippen LogP contribution is -2.50. The van der Waals surface area contributed by atoms with Crippen LogP contribution in [0.5, 0.6) is 5.75 Å². The molecule has 2 aliphatic rings. The molecule has 1 fully saturated rings. The van der Waals surface area contributed by atoms with E-state index in [-0.39, 0.29) is 18.2 Å². The second-order valence-corrected chi connectivity index (χ2v) is 10.9. The zero-order chi connectivity index (χ0) is 24.6. The van der Waals surface area contributed by atoms with Gasteiger partial charge in [-0.15, -0.1) is 0 Å². The van der Waals surface area contributed by atoms with Gasteiger partial charge >= 0.3 is 6.09 Å². The SMILES string of the molecule is CC1CCc2ccncc2-c2ccc(-c3ccc(O[C@H]4C[C@H](NC(=O)OC(C)(C)C)C4)cc3)cc21. The first-order valence-corrected chi connectivity index (χ1v) is 12.6. The Kier molecular flexibility index (Phi) is 6.26. The molecule has 182 valence electrons. The van der Waals surface area contributed by atoms with Gasteiger partial charge in [-0.25, -0.2) is 4.79 Å². The van der Waals surface area contributed by atoms with Gasteiger partial charge in [0.25, 0.3) is 0 Å². The molecular weight excluding hydrogens is 436 g/mol. The molecule has 2 aromatic carbocycles. The number of alkyl carbamates (subject to hydrolysis) is 1. The molecule has 0 radical (unpaired) electrons. The summed E-state index contributed by atoms with van der Waals surface area (Å²) in [4.78, 5) is 16.3. The fraction of sp³-hybridized carbons (Fsp3) is 0.400. The summed E-state index contributed by atoms with van der Waals surface area (Å²) in [6.45, 7) is 7.92. The molecule has 1 saturated carbocycles. The lowest BCUT2D eigenvalue weighted by atomic mass is 9.89. The second-order valence-electron chi connectivity index (χ2n) is 10.9. The average Bonchev–Trinajstić information content (AvgIpc) is 2.93. The molecule has 0 bridgehead atoms. The molecular formula is C30H34N2O3. The number of hydrogen-bond acceptors (Lipinski definition) is 4. The van der Waals surface area contributed by atoms with E-state index >= 15 is 0 Å². The molecule has 2 aliphatic carbocycles. The summed E-state index contributed by atoms with van der Waals surface area (Å²) in [5, 5.41) is 2.91. The van der Waals surface area contributed by atoms with Crippen LogP contribution in [0.4, 0.5) is 4.79 Å². The molecule has 5 heteroatoms. The Labute approximate surface area is 207 Å². The number of nitrogens with zero attached hydrogens (tertiary/aromatic N) is 1. The summed E-state index contributed by atoms with van der Waals surface area (Å²) < 4.78 is 11.4. The van der Waals surface area contributed by atoms with Crippen LogP contribution in [0.25, 0.3) is 22.3 Å². The van der Waals surface area contributed by atoms with Gasteiger partial charge in [0.15, 0.2) is 0 Å². The fourth-order valence-corrected chi connectivity index (χ4v) is 4.98. The van der Waals surface area contributed by atoms with Crippen molar-refractivity contribution < 1.29 is 14.3 Å². The van der Waals surface area contributed by atoms with E-state index in [9.17, 15) is 4.79 Å². The van der Waals surface area contributed by atoms with Crippen molar-refractivity contribution in [2.45, 2.75) is 77.0 Å². The van der Waals surface area contributed by atoms with Crippen LogP contribution < -0.4 is 10.1 Å². The molecule has 5 rings (SSSR count). The van der Waals surface area contributed by atoms with Crippen LogP contribution in [-0.4, -0.2) is 28.8 Å². The van der Waals surface area contributed by atoms with Crippen LogP contribution in [0.1, 0.15) is 64.0 Å². The number of carbonyl (C=O) groups excluding carboxylic acids is 1. The smallest absolute Gasteiger partial charge is 0.407 e. The Hall–Kier alpha value is -3.34. The van der Waals surface area contributed by atoms with Crippen molar-refractivity contribution in [2.75, 3.05) is 0 Å². The number of pyridine rings is 1. The minimum Gasteiger partial charge on any atom is -0.490 e. The molecule has 1 amide bonds. The largest absolute Gasteiger partial charge is 0.490 e. The predicted molar refractivity (Wildman–Crippen MR) is 139 cm³/mol. The lowest BCUT2D eigenvalue weighted by molar-refractivity contribution is 0.0363. The summed E-state index contributed by atoms with van der Waals surface area (Å²) in [5.41, 5.74) is 7.28. The molecule has 5 nitrogen and oxygen atoms in total. The maximum Gasteiger partial charge on any atom is 0.407 e. The Morgan fingerprint density at radius 2 is 1.74 bits per heavy atom. The molecule has 1 unspecified atom stereocenters. The number of fused-ring (bicyclic) bond motifs is 3. The van der Waals surface area contributed by atoms with Gasteiger partial charge in [0, 0.05) is 36.8 Å². The first kappa shape index (κ1) is 23.4. The Morgan fingerprint density at radius 3 is 2.49 bits per heavy atom. The van der Waals surface area contributed by atoms with E-state index in [0.717, 1.165) is 31.4 Å². The van der Waals surface area contributed by atoms with Crippen molar-refractivity contribution in [2.24, 2.45) is 0 Å². The highest BCUT2D eigenvalue weighted by molar-refractivity contribution is 5.76. The first-order chi connectivity index (χ1) is 16.7. The summed E-state index contributed by atoms with van der Waals surface area (Å²) in [6.07, 6.45) is 7.47. The molecule has 1 N–H and O–H groups in total. The molecule has 0 spiro atoms. The second kappa shape index (κ2) is 9.37. The summed E-state index contributed by atoms with van der Waals surface area (Å²) >= 11 is 0. The molecule has 1 aromatic heterocycles. The number of ether oxygens (including phenoxy) is 2. The molecule has 1 atom stereocenters. The van der Waals surface area contributed by atoms with E-state index in [2.05, 4.69) is 53.6 Å². The van der Waals surface area contributed by atoms with Crippen molar-refractivity contribution in [1.29, 1.82) is 0 Å². The van der Waals surface area contributed by atoms with Gasteiger partial charge in [-0.1, -0.05) is 37.3 Å². The molecule has 1 heterocycles. The number of carbonyl (C=O) groups is 1. The van der Waals surface area contributed by atoms with Crippen molar-refractivity contribution in [3.8, 4) is 28.0 Å². The van der Waals surface area contributed by atoms with Crippen LogP contribution in [0, 0.1) is 0 Å². The van der Waals surface area contributed by atoms with Crippen molar-refractivity contribution in [3.63, 3.8) is 0 Å². The fourth-order valence-electron chi connectivity index (χ4n) is 4.98. The van der Waals surface area contributed by atoms with E-state index < -0.39 is 5.60 Å². The van der Waals surface area contributed by atoms with E-state index in [1.165, 1.54) is 33.4 Å². The van der Waals surface area contributed by atoms with Gasteiger partial charge in [-0.2, -0.15) is 0 Å². The number of aryl methyl sites for hydroxylation is 1. The van der Waals surface area contributed by atoms with Gasteiger partial charge < -0.3 is 14.8 Å². The Bertz CT molecular complexity index is 1210. The highest BCUT2D eigenvalue weighted by Gasteiger charge is 2.33. The maximum absolute atomic E-state index is 11.9.